The molecule has 1 aliphatic rings. The highest BCUT2D eigenvalue weighted by atomic mass is 16.2. The number of nitrogens with zero attached hydrogens (tertiary/aromatic N) is 5. The van der Waals surface area contributed by atoms with Crippen molar-refractivity contribution in [1.29, 1.82) is 0 Å². The van der Waals surface area contributed by atoms with Crippen LogP contribution in [0.15, 0.2) is 102 Å². The summed E-state index contributed by atoms with van der Waals surface area (Å²) >= 11 is 0. The number of carbonyl (C=O) groups is 1. The van der Waals surface area contributed by atoms with Gasteiger partial charge in [0.05, 0.1) is 40.0 Å². The van der Waals surface area contributed by atoms with Crippen LogP contribution in [0.25, 0.3) is 44.6 Å². The lowest BCUT2D eigenvalue weighted by Gasteiger charge is -2.32. The molecule has 2 aromatic heterocycles. The van der Waals surface area contributed by atoms with Crippen LogP contribution in [0.5, 0.6) is 0 Å². The van der Waals surface area contributed by atoms with E-state index in [-0.39, 0.29) is 17.6 Å². The summed E-state index contributed by atoms with van der Waals surface area (Å²) in [4.78, 5) is 42.5. The highest BCUT2D eigenvalue weighted by Crippen LogP contribution is 2.32. The number of piperidine rings is 1. The Bertz CT molecular complexity index is 2060. The third-order valence-electron chi connectivity index (χ3n) is 8.63. The Morgan fingerprint density at radius 2 is 1.52 bits per heavy atom. The summed E-state index contributed by atoms with van der Waals surface area (Å²) in [6.45, 7) is 3.01. The van der Waals surface area contributed by atoms with E-state index in [0.29, 0.717) is 12.2 Å². The van der Waals surface area contributed by atoms with Gasteiger partial charge in [-0.15, -0.1) is 0 Å². The number of amides is 1. The molecule has 1 aliphatic heterocycles. The zero-order valence-electron chi connectivity index (χ0n) is 26.1. The number of likely N-dealkylation sites (N-methyl/N-ethyl adjacent to an activating group) is 1. The van der Waals surface area contributed by atoms with Gasteiger partial charge in [0.25, 0.3) is 0 Å². The van der Waals surface area contributed by atoms with E-state index >= 15 is 0 Å². The summed E-state index contributed by atoms with van der Waals surface area (Å²) in [6.07, 6.45) is 1.87. The molecule has 1 amide bonds. The molecular weight excluding hydrogens is 574 g/mol. The van der Waals surface area contributed by atoms with Crippen LogP contribution in [-0.2, 0) is 11.3 Å². The predicted octanol–water partition coefficient (Wildman–Crippen LogP) is 5.94. The van der Waals surface area contributed by atoms with Gasteiger partial charge >= 0.3 is 5.69 Å². The van der Waals surface area contributed by atoms with E-state index in [0.717, 1.165) is 77.1 Å². The van der Waals surface area contributed by atoms with E-state index in [1.807, 2.05) is 84.2 Å². The quantitative estimate of drug-likeness (QED) is 0.221. The Labute approximate surface area is 267 Å². The van der Waals surface area contributed by atoms with E-state index in [2.05, 4.69) is 51.6 Å². The highest BCUT2D eigenvalue weighted by Gasteiger charge is 2.24. The minimum Gasteiger partial charge on any atom is -0.325 e. The molecule has 9 nitrogen and oxygen atoms in total. The Kier molecular flexibility index (Phi) is 8.17. The van der Waals surface area contributed by atoms with Crippen LogP contribution in [0.1, 0.15) is 24.4 Å². The van der Waals surface area contributed by atoms with Gasteiger partial charge in [-0.3, -0.25) is 14.3 Å². The maximum absolute atomic E-state index is 12.7. The lowest BCUT2D eigenvalue weighted by molar-refractivity contribution is -0.116. The fourth-order valence-electron chi connectivity index (χ4n) is 6.42. The van der Waals surface area contributed by atoms with Gasteiger partial charge in [-0.25, -0.2) is 14.8 Å². The Morgan fingerprint density at radius 1 is 0.848 bits per heavy atom. The smallest absolute Gasteiger partial charge is 0.325 e. The number of aromatic nitrogens is 4. The van der Waals surface area contributed by atoms with Crippen LogP contribution < -0.4 is 11.0 Å². The lowest BCUT2D eigenvalue weighted by Crippen LogP contribution is -2.36. The van der Waals surface area contributed by atoms with Crippen LogP contribution >= 0.6 is 0 Å². The third kappa shape index (κ3) is 6.20. The topological polar surface area (TPSA) is 99.1 Å². The number of imidazole rings is 1. The van der Waals surface area contributed by atoms with Crippen LogP contribution in [-0.4, -0.2) is 69.0 Å². The van der Waals surface area contributed by atoms with E-state index in [1.165, 1.54) is 5.56 Å². The first-order valence-corrected chi connectivity index (χ1v) is 15.7. The van der Waals surface area contributed by atoms with Gasteiger partial charge in [0.2, 0.25) is 5.91 Å². The molecule has 0 aliphatic carbocycles. The van der Waals surface area contributed by atoms with Gasteiger partial charge in [-0.1, -0.05) is 66.7 Å². The van der Waals surface area contributed by atoms with Gasteiger partial charge in [0, 0.05) is 42.5 Å². The summed E-state index contributed by atoms with van der Waals surface area (Å²) in [7, 11) is 3.73. The number of H-pyrrole nitrogens is 1. The summed E-state index contributed by atoms with van der Waals surface area (Å²) in [5.74, 6) is -0.0786. The number of likely N-dealkylation sites (tertiary alicyclic amines) is 1. The van der Waals surface area contributed by atoms with Crippen molar-refractivity contribution in [2.75, 3.05) is 39.0 Å². The molecule has 7 rings (SSSR count). The van der Waals surface area contributed by atoms with Crippen molar-refractivity contribution in [1.82, 2.24) is 29.3 Å². The van der Waals surface area contributed by atoms with Crippen molar-refractivity contribution >= 4 is 33.7 Å². The summed E-state index contributed by atoms with van der Waals surface area (Å²) < 4.78 is 1.94. The second kappa shape index (κ2) is 12.7. The van der Waals surface area contributed by atoms with Gasteiger partial charge in [-0.05, 0) is 62.8 Å². The van der Waals surface area contributed by atoms with Crippen molar-refractivity contribution in [2.45, 2.75) is 25.4 Å². The van der Waals surface area contributed by atoms with E-state index < -0.39 is 0 Å². The number of rotatable bonds is 8. The largest absolute Gasteiger partial charge is 0.326 e. The SMILES string of the molecule is CN(C)CC(=O)Nc1ccc2nc(-c3ccccc3)c(-c3ccc(CN4CCC(n5c(=O)[nH]c6ccccc65)CC4)cc3)nc2c1. The predicted molar refractivity (Wildman–Crippen MR) is 184 cm³/mol. The molecule has 0 saturated carbocycles. The lowest BCUT2D eigenvalue weighted by atomic mass is 10.0. The maximum atomic E-state index is 12.7. The van der Waals surface area contributed by atoms with E-state index in [4.69, 9.17) is 9.97 Å². The minimum atomic E-state index is -0.0786. The fraction of sp³-hybridized carbons (Fsp3) is 0.243. The molecule has 3 heterocycles. The van der Waals surface area contributed by atoms with Crippen molar-refractivity contribution in [3.63, 3.8) is 0 Å². The number of carbonyl (C=O) groups excluding carboxylic acids is 1. The van der Waals surface area contributed by atoms with E-state index in [9.17, 15) is 9.59 Å². The molecule has 0 unspecified atom stereocenters. The Morgan fingerprint density at radius 3 is 2.26 bits per heavy atom. The number of hydrogen-bond donors (Lipinski definition) is 2. The van der Waals surface area contributed by atoms with Crippen molar-refractivity contribution in [3.8, 4) is 22.5 Å². The summed E-state index contributed by atoms with van der Waals surface area (Å²) in [6, 6.07) is 32.5. The molecule has 9 heteroatoms. The van der Waals surface area contributed by atoms with Gasteiger partial charge in [-0.2, -0.15) is 0 Å². The number of hydrogen-bond acceptors (Lipinski definition) is 6. The molecule has 232 valence electrons. The Hall–Kier alpha value is -5.12. The highest BCUT2D eigenvalue weighted by molar-refractivity contribution is 5.95. The fourth-order valence-corrected chi connectivity index (χ4v) is 6.42. The standard InChI is InChI=1S/C37H37N7O2/c1-42(2)24-34(45)38-28-16-17-30-32(22-28)40-36(35(39-30)26-8-4-3-5-9-26)27-14-12-25(13-15-27)23-43-20-18-29(19-21-43)44-33-11-7-6-10-31(33)41-37(44)46/h3-17,22,29H,18-21,23-24H2,1-2H3,(H,38,45)(H,41,46). The third-order valence-corrected chi connectivity index (χ3v) is 8.63. The monoisotopic (exact) mass is 611 g/mol. The molecule has 1 fully saturated rings. The molecular formula is C37H37N7O2. The molecule has 0 spiro atoms. The molecule has 0 radical (unpaired) electrons. The van der Waals surface area contributed by atoms with Crippen molar-refractivity contribution in [3.05, 3.63) is 113 Å². The number of benzene rings is 4. The number of fused-ring (bicyclic) bond motifs is 2. The number of para-hydroxylation sites is 2. The average Bonchev–Trinajstić information content (AvgIpc) is 3.40. The molecule has 0 atom stereocenters. The Balaban J connectivity index is 1.11. The average molecular weight is 612 g/mol. The first-order chi connectivity index (χ1) is 22.4. The second-order valence-electron chi connectivity index (χ2n) is 12.3. The van der Waals surface area contributed by atoms with Gasteiger partial charge in [0.1, 0.15) is 0 Å². The maximum Gasteiger partial charge on any atom is 0.326 e. The minimum absolute atomic E-state index is 0.0211. The second-order valence-corrected chi connectivity index (χ2v) is 12.3. The molecule has 6 aromatic rings. The summed E-state index contributed by atoms with van der Waals surface area (Å²) in [5, 5.41) is 2.97. The first kappa shape index (κ1) is 29.6. The molecule has 46 heavy (non-hydrogen) atoms. The number of anilines is 1. The number of nitrogens with one attached hydrogen (secondary N) is 2. The van der Waals surface area contributed by atoms with Crippen LogP contribution in [0.3, 0.4) is 0 Å². The van der Waals surface area contributed by atoms with Crippen molar-refractivity contribution < 1.29 is 4.79 Å². The zero-order valence-corrected chi connectivity index (χ0v) is 26.1. The summed E-state index contributed by atoms with van der Waals surface area (Å²) in [5.41, 5.74) is 8.87. The first-order valence-electron chi connectivity index (χ1n) is 15.7. The van der Waals surface area contributed by atoms with Crippen LogP contribution in [0, 0.1) is 0 Å². The normalized spacial score (nSPS) is 14.3. The van der Waals surface area contributed by atoms with E-state index in [1.54, 1.807) is 0 Å². The van der Waals surface area contributed by atoms with Gasteiger partial charge < -0.3 is 15.2 Å². The zero-order chi connectivity index (χ0) is 31.6. The molecule has 1 saturated heterocycles. The molecule has 2 N–H and O–H groups in total. The van der Waals surface area contributed by atoms with Crippen LogP contribution in [0.4, 0.5) is 5.69 Å². The van der Waals surface area contributed by atoms with Crippen molar-refractivity contribution in [2.24, 2.45) is 0 Å². The molecule has 0 bridgehead atoms. The van der Waals surface area contributed by atoms with Crippen LogP contribution in [0.2, 0.25) is 0 Å². The molecule has 4 aromatic carbocycles. The van der Waals surface area contributed by atoms with Gasteiger partial charge in [0.15, 0.2) is 0 Å². The number of aromatic amines is 1.